The molecule has 1 saturated heterocycles. The largest absolute Gasteiger partial charge is 0.371 e. The van der Waals surface area contributed by atoms with Crippen molar-refractivity contribution in [3.63, 3.8) is 0 Å². The number of anilines is 2. The van der Waals surface area contributed by atoms with Gasteiger partial charge in [-0.05, 0) is 55.2 Å². The lowest BCUT2D eigenvalue weighted by atomic mass is 10.1. The molecule has 6 heteroatoms. The fourth-order valence-corrected chi connectivity index (χ4v) is 2.91. The van der Waals surface area contributed by atoms with Crippen molar-refractivity contribution in [2.45, 2.75) is 19.8 Å². The Labute approximate surface area is 141 Å². The molecular formula is C18H20N4O2. The van der Waals surface area contributed by atoms with Crippen molar-refractivity contribution >= 4 is 23.3 Å². The molecule has 0 aromatic heterocycles. The van der Waals surface area contributed by atoms with Gasteiger partial charge in [0.2, 0.25) is 0 Å². The van der Waals surface area contributed by atoms with Gasteiger partial charge in [-0.1, -0.05) is 6.07 Å². The number of aryl methyl sites for hydroxylation is 1. The summed E-state index contributed by atoms with van der Waals surface area (Å²) in [6.45, 7) is 4.39. The van der Waals surface area contributed by atoms with Gasteiger partial charge < -0.3 is 4.90 Å². The van der Waals surface area contributed by atoms with Crippen LogP contribution in [-0.2, 0) is 0 Å². The van der Waals surface area contributed by atoms with E-state index in [2.05, 4.69) is 40.5 Å². The van der Waals surface area contributed by atoms with Crippen molar-refractivity contribution in [2.24, 2.45) is 5.10 Å². The molecular weight excluding hydrogens is 304 g/mol. The van der Waals surface area contributed by atoms with Crippen molar-refractivity contribution < 1.29 is 4.92 Å². The number of hydrogen-bond acceptors (Lipinski definition) is 5. The molecule has 0 bridgehead atoms. The van der Waals surface area contributed by atoms with Crippen molar-refractivity contribution in [1.29, 1.82) is 0 Å². The number of benzene rings is 2. The van der Waals surface area contributed by atoms with Crippen molar-refractivity contribution in [3.8, 4) is 0 Å². The van der Waals surface area contributed by atoms with Gasteiger partial charge in [0.05, 0.1) is 16.8 Å². The van der Waals surface area contributed by atoms with Crippen LogP contribution in [0.15, 0.2) is 47.6 Å². The Bertz CT molecular complexity index is 750. The van der Waals surface area contributed by atoms with E-state index in [-0.39, 0.29) is 5.69 Å². The first kappa shape index (κ1) is 16.0. The highest BCUT2D eigenvalue weighted by molar-refractivity contribution is 5.81. The minimum Gasteiger partial charge on any atom is -0.371 e. The normalized spacial score (nSPS) is 14.3. The van der Waals surface area contributed by atoms with Gasteiger partial charge in [0.15, 0.2) is 0 Å². The fraction of sp³-hybridized carbons (Fsp3) is 0.278. The first-order valence-corrected chi connectivity index (χ1v) is 8.02. The van der Waals surface area contributed by atoms with E-state index < -0.39 is 4.92 Å². The SMILES string of the molecule is Cc1cc(/C=N/Nc2ccc([N+](=O)[O-])cc2)ccc1N1CCCC1. The molecule has 0 unspecified atom stereocenters. The number of hydrogen-bond donors (Lipinski definition) is 1. The Morgan fingerprint density at radius 2 is 1.88 bits per heavy atom. The van der Waals surface area contributed by atoms with Crippen LogP contribution in [0, 0.1) is 17.0 Å². The Morgan fingerprint density at radius 1 is 1.17 bits per heavy atom. The van der Waals surface area contributed by atoms with Gasteiger partial charge >= 0.3 is 0 Å². The second-order valence-corrected chi connectivity index (χ2v) is 5.91. The van der Waals surface area contributed by atoms with Crippen LogP contribution < -0.4 is 10.3 Å². The smallest absolute Gasteiger partial charge is 0.269 e. The second-order valence-electron chi connectivity index (χ2n) is 5.91. The van der Waals surface area contributed by atoms with E-state index in [9.17, 15) is 10.1 Å². The summed E-state index contributed by atoms with van der Waals surface area (Å²) in [5, 5.41) is 14.8. The van der Waals surface area contributed by atoms with E-state index in [4.69, 9.17) is 0 Å². The quantitative estimate of drug-likeness (QED) is 0.513. The summed E-state index contributed by atoms with van der Waals surface area (Å²) in [5.41, 5.74) is 7.23. The maximum absolute atomic E-state index is 10.6. The first-order chi connectivity index (χ1) is 11.6. The van der Waals surface area contributed by atoms with Crippen LogP contribution in [0.4, 0.5) is 17.1 Å². The average molecular weight is 324 g/mol. The number of nitro benzene ring substituents is 1. The Kier molecular flexibility index (Phi) is 4.74. The minimum absolute atomic E-state index is 0.0673. The van der Waals surface area contributed by atoms with Crippen LogP contribution in [-0.4, -0.2) is 24.2 Å². The van der Waals surface area contributed by atoms with Gasteiger partial charge in [-0.15, -0.1) is 0 Å². The van der Waals surface area contributed by atoms with Gasteiger partial charge in [0.1, 0.15) is 0 Å². The average Bonchev–Trinajstić information content (AvgIpc) is 3.10. The van der Waals surface area contributed by atoms with Crippen LogP contribution in [0.3, 0.4) is 0 Å². The van der Waals surface area contributed by atoms with E-state index in [1.807, 2.05) is 0 Å². The number of nitro groups is 1. The molecule has 124 valence electrons. The van der Waals surface area contributed by atoms with Gasteiger partial charge in [0.25, 0.3) is 5.69 Å². The van der Waals surface area contributed by atoms with Crippen molar-refractivity contribution in [3.05, 3.63) is 63.7 Å². The third kappa shape index (κ3) is 3.71. The lowest BCUT2D eigenvalue weighted by molar-refractivity contribution is -0.384. The summed E-state index contributed by atoms with van der Waals surface area (Å²) in [6, 6.07) is 12.5. The molecule has 0 amide bonds. The molecule has 0 spiro atoms. The molecule has 0 atom stereocenters. The van der Waals surface area contributed by atoms with E-state index in [0.717, 1.165) is 18.7 Å². The third-order valence-corrected chi connectivity index (χ3v) is 4.15. The highest BCUT2D eigenvalue weighted by Gasteiger charge is 2.13. The predicted octanol–water partition coefficient (Wildman–Crippen LogP) is 3.95. The van der Waals surface area contributed by atoms with Gasteiger partial charge in [-0.3, -0.25) is 15.5 Å². The molecule has 1 fully saturated rings. The summed E-state index contributed by atoms with van der Waals surface area (Å²) < 4.78 is 0. The van der Waals surface area contributed by atoms with Crippen LogP contribution in [0.1, 0.15) is 24.0 Å². The lowest BCUT2D eigenvalue weighted by Gasteiger charge is -2.20. The zero-order valence-electron chi connectivity index (χ0n) is 13.6. The summed E-state index contributed by atoms with van der Waals surface area (Å²) in [6.07, 6.45) is 4.28. The molecule has 6 nitrogen and oxygen atoms in total. The maximum atomic E-state index is 10.6. The molecule has 24 heavy (non-hydrogen) atoms. The number of nitrogens with zero attached hydrogens (tertiary/aromatic N) is 3. The maximum Gasteiger partial charge on any atom is 0.269 e. The molecule has 1 aliphatic rings. The highest BCUT2D eigenvalue weighted by Crippen LogP contribution is 2.24. The molecule has 0 aliphatic carbocycles. The van der Waals surface area contributed by atoms with E-state index in [0.29, 0.717) is 5.69 Å². The standard InChI is InChI=1S/C18H20N4O2/c1-14-12-15(4-9-18(14)21-10-2-3-11-21)13-19-20-16-5-7-17(8-6-16)22(23)24/h4-9,12-13,20H,2-3,10-11H2,1H3/b19-13+. The summed E-state index contributed by atoms with van der Waals surface area (Å²) in [5.74, 6) is 0. The molecule has 1 aliphatic heterocycles. The summed E-state index contributed by atoms with van der Waals surface area (Å²) in [4.78, 5) is 12.6. The number of non-ortho nitro benzene ring substituents is 1. The van der Waals surface area contributed by atoms with Crippen LogP contribution >= 0.6 is 0 Å². The third-order valence-electron chi connectivity index (χ3n) is 4.15. The Hall–Kier alpha value is -2.89. The van der Waals surface area contributed by atoms with Crippen LogP contribution in [0.2, 0.25) is 0 Å². The number of rotatable bonds is 5. The zero-order valence-corrected chi connectivity index (χ0v) is 13.6. The lowest BCUT2D eigenvalue weighted by Crippen LogP contribution is -2.18. The van der Waals surface area contributed by atoms with Crippen LogP contribution in [0.5, 0.6) is 0 Å². The molecule has 0 radical (unpaired) electrons. The second kappa shape index (κ2) is 7.12. The van der Waals surface area contributed by atoms with Gasteiger partial charge in [0, 0.05) is 30.9 Å². The molecule has 0 saturated carbocycles. The molecule has 2 aromatic rings. The summed E-state index contributed by atoms with van der Waals surface area (Å²) >= 11 is 0. The topological polar surface area (TPSA) is 70.8 Å². The van der Waals surface area contributed by atoms with Crippen LogP contribution in [0.25, 0.3) is 0 Å². The fourth-order valence-electron chi connectivity index (χ4n) is 2.91. The van der Waals surface area contributed by atoms with E-state index >= 15 is 0 Å². The first-order valence-electron chi connectivity index (χ1n) is 8.02. The highest BCUT2D eigenvalue weighted by atomic mass is 16.6. The zero-order chi connectivity index (χ0) is 16.9. The molecule has 3 rings (SSSR count). The molecule has 2 aromatic carbocycles. The monoisotopic (exact) mass is 324 g/mol. The van der Waals surface area contributed by atoms with Gasteiger partial charge in [-0.25, -0.2) is 0 Å². The predicted molar refractivity (Wildman–Crippen MR) is 96.9 cm³/mol. The Morgan fingerprint density at radius 3 is 2.50 bits per heavy atom. The number of hydrazone groups is 1. The minimum atomic E-state index is -0.419. The van der Waals surface area contributed by atoms with Crippen molar-refractivity contribution in [2.75, 3.05) is 23.4 Å². The summed E-state index contributed by atoms with van der Waals surface area (Å²) in [7, 11) is 0. The van der Waals surface area contributed by atoms with Crippen molar-refractivity contribution in [1.82, 2.24) is 0 Å². The number of nitrogens with one attached hydrogen (secondary N) is 1. The van der Waals surface area contributed by atoms with E-state index in [1.54, 1.807) is 18.3 Å². The van der Waals surface area contributed by atoms with E-state index in [1.165, 1.54) is 36.2 Å². The molecule has 1 N–H and O–H groups in total. The Balaban J connectivity index is 1.63. The molecule has 1 heterocycles. The van der Waals surface area contributed by atoms with Gasteiger partial charge in [-0.2, -0.15) is 5.10 Å².